The quantitative estimate of drug-likeness (QED) is 0.532. The van der Waals surface area contributed by atoms with Gasteiger partial charge in [0.05, 0.1) is 6.04 Å². The van der Waals surface area contributed by atoms with Crippen LogP contribution in [0.25, 0.3) is 21.9 Å². The van der Waals surface area contributed by atoms with Crippen LogP contribution in [0.1, 0.15) is 36.7 Å². The van der Waals surface area contributed by atoms with Gasteiger partial charge in [0.1, 0.15) is 11.3 Å². The molecule has 1 unspecified atom stereocenters. The number of fused-ring (bicyclic) bond motifs is 2. The molecule has 158 valence electrons. The molecule has 1 amide bonds. The Morgan fingerprint density at radius 3 is 2.81 bits per heavy atom. The Bertz CT molecular complexity index is 1410. The number of aryl methyl sites for hydroxylation is 2. The summed E-state index contributed by atoms with van der Waals surface area (Å²) in [4.78, 5) is 48.4. The number of carbonyl (C=O) groups excluding carboxylic acids is 1. The van der Waals surface area contributed by atoms with Crippen molar-refractivity contribution in [2.45, 2.75) is 31.7 Å². The van der Waals surface area contributed by atoms with Crippen LogP contribution < -0.4 is 11.2 Å². The Labute approximate surface area is 177 Å². The summed E-state index contributed by atoms with van der Waals surface area (Å²) in [7, 11) is 1.55. The van der Waals surface area contributed by atoms with Crippen LogP contribution in [0.15, 0.2) is 52.1 Å². The SMILES string of the molecule is Cn1c(=O)[nH]c(=O)c2[nH]c(CCC(=O)N3CCCC3c3cccc4ccccc34)nc21. The molecule has 0 saturated carbocycles. The molecule has 0 bridgehead atoms. The van der Waals surface area contributed by atoms with Crippen molar-refractivity contribution in [1.82, 2.24) is 24.4 Å². The summed E-state index contributed by atoms with van der Waals surface area (Å²) in [5.41, 5.74) is 0.722. The zero-order valence-electron chi connectivity index (χ0n) is 17.2. The molecule has 5 rings (SSSR count). The van der Waals surface area contributed by atoms with E-state index in [0.717, 1.165) is 19.4 Å². The van der Waals surface area contributed by atoms with Crippen molar-refractivity contribution in [2.24, 2.45) is 7.05 Å². The monoisotopic (exact) mass is 417 g/mol. The second-order valence-electron chi connectivity index (χ2n) is 8.01. The second kappa shape index (κ2) is 7.54. The van der Waals surface area contributed by atoms with Crippen LogP contribution >= 0.6 is 0 Å². The topological polar surface area (TPSA) is 104 Å². The lowest BCUT2D eigenvalue weighted by molar-refractivity contribution is -0.132. The zero-order chi connectivity index (χ0) is 21.5. The Morgan fingerprint density at radius 1 is 1.13 bits per heavy atom. The summed E-state index contributed by atoms with van der Waals surface area (Å²) in [6.45, 7) is 0.737. The minimum Gasteiger partial charge on any atom is -0.336 e. The van der Waals surface area contributed by atoms with Gasteiger partial charge >= 0.3 is 5.69 Å². The summed E-state index contributed by atoms with van der Waals surface area (Å²) in [5, 5.41) is 2.37. The summed E-state index contributed by atoms with van der Waals surface area (Å²) in [6.07, 6.45) is 2.58. The van der Waals surface area contributed by atoms with Gasteiger partial charge in [0.15, 0.2) is 5.65 Å². The van der Waals surface area contributed by atoms with Gasteiger partial charge in [-0.25, -0.2) is 9.78 Å². The smallest absolute Gasteiger partial charge is 0.329 e. The van der Waals surface area contributed by atoms with Crippen molar-refractivity contribution in [3.05, 3.63) is 74.7 Å². The van der Waals surface area contributed by atoms with Gasteiger partial charge in [-0.1, -0.05) is 42.5 Å². The van der Waals surface area contributed by atoms with E-state index in [9.17, 15) is 14.4 Å². The van der Waals surface area contributed by atoms with E-state index in [1.807, 2.05) is 17.0 Å². The van der Waals surface area contributed by atoms with Gasteiger partial charge in [-0.3, -0.25) is 19.1 Å². The van der Waals surface area contributed by atoms with E-state index >= 15 is 0 Å². The number of carbonyl (C=O) groups is 1. The molecule has 0 aliphatic carbocycles. The number of aromatic nitrogens is 4. The van der Waals surface area contributed by atoms with Crippen LogP contribution in [0.5, 0.6) is 0 Å². The van der Waals surface area contributed by atoms with Crippen molar-refractivity contribution in [3.8, 4) is 0 Å². The predicted molar refractivity (Wildman–Crippen MR) is 118 cm³/mol. The molecule has 2 aromatic heterocycles. The molecule has 1 saturated heterocycles. The van der Waals surface area contributed by atoms with Gasteiger partial charge in [-0.2, -0.15) is 0 Å². The van der Waals surface area contributed by atoms with Crippen LogP contribution in [-0.4, -0.2) is 36.9 Å². The Hall–Kier alpha value is -3.68. The molecule has 1 aliphatic heterocycles. The summed E-state index contributed by atoms with van der Waals surface area (Å²) >= 11 is 0. The van der Waals surface area contributed by atoms with E-state index in [1.165, 1.54) is 20.9 Å². The minimum atomic E-state index is -0.512. The minimum absolute atomic E-state index is 0.0675. The standard InChI is InChI=1S/C23H23N5O3/c1-27-21-20(22(30)26-23(27)31)24-18(25-21)11-12-19(29)28-13-5-10-17(28)16-9-4-7-14-6-2-3-8-15(14)16/h2-4,6-9,17H,5,10-13H2,1H3,(H,24,25)(H,26,30,31). The normalized spacial score (nSPS) is 16.4. The van der Waals surface area contributed by atoms with E-state index in [2.05, 4.69) is 45.3 Å². The number of amides is 1. The van der Waals surface area contributed by atoms with Crippen LogP contribution in [0.4, 0.5) is 0 Å². The molecule has 8 heteroatoms. The lowest BCUT2D eigenvalue weighted by Crippen LogP contribution is -2.30. The summed E-state index contributed by atoms with van der Waals surface area (Å²) < 4.78 is 1.29. The highest BCUT2D eigenvalue weighted by molar-refractivity contribution is 5.87. The summed E-state index contributed by atoms with van der Waals surface area (Å²) in [5.74, 6) is 0.592. The van der Waals surface area contributed by atoms with E-state index in [4.69, 9.17) is 0 Å². The Morgan fingerprint density at radius 2 is 1.94 bits per heavy atom. The van der Waals surface area contributed by atoms with Crippen molar-refractivity contribution < 1.29 is 4.79 Å². The summed E-state index contributed by atoms with van der Waals surface area (Å²) in [6, 6.07) is 14.6. The van der Waals surface area contributed by atoms with E-state index < -0.39 is 11.2 Å². The maximum atomic E-state index is 13.1. The molecule has 8 nitrogen and oxygen atoms in total. The fourth-order valence-corrected chi connectivity index (χ4v) is 4.57. The van der Waals surface area contributed by atoms with Gasteiger partial charge in [0.25, 0.3) is 5.56 Å². The largest absolute Gasteiger partial charge is 0.336 e. The molecule has 31 heavy (non-hydrogen) atoms. The molecular weight excluding hydrogens is 394 g/mol. The van der Waals surface area contributed by atoms with E-state index in [0.29, 0.717) is 17.9 Å². The maximum absolute atomic E-state index is 13.1. The van der Waals surface area contributed by atoms with Gasteiger partial charge in [-0.05, 0) is 29.2 Å². The maximum Gasteiger partial charge on any atom is 0.329 e. The third-order valence-electron chi connectivity index (χ3n) is 6.13. The van der Waals surface area contributed by atoms with E-state index in [1.54, 1.807) is 7.05 Å². The van der Waals surface area contributed by atoms with Crippen LogP contribution in [0, 0.1) is 0 Å². The van der Waals surface area contributed by atoms with Crippen molar-refractivity contribution in [1.29, 1.82) is 0 Å². The number of aromatic amines is 2. The van der Waals surface area contributed by atoms with Crippen molar-refractivity contribution in [2.75, 3.05) is 6.54 Å². The Kier molecular flexibility index (Phi) is 4.69. The first-order chi connectivity index (χ1) is 15.0. The number of imidazole rings is 1. The second-order valence-corrected chi connectivity index (χ2v) is 8.01. The fourth-order valence-electron chi connectivity index (χ4n) is 4.57. The van der Waals surface area contributed by atoms with Crippen molar-refractivity contribution >= 4 is 27.8 Å². The predicted octanol–water partition coefficient (Wildman–Crippen LogP) is 2.40. The number of hydrogen-bond acceptors (Lipinski definition) is 4. The lowest BCUT2D eigenvalue weighted by atomic mass is 9.97. The fraction of sp³-hybridized carbons (Fsp3) is 0.304. The third-order valence-corrected chi connectivity index (χ3v) is 6.13. The number of nitrogens with zero attached hydrogens (tertiary/aromatic N) is 3. The molecule has 3 heterocycles. The number of H-pyrrole nitrogens is 2. The highest BCUT2D eigenvalue weighted by atomic mass is 16.2. The molecule has 0 radical (unpaired) electrons. The molecular formula is C23H23N5O3. The molecule has 1 atom stereocenters. The van der Waals surface area contributed by atoms with Gasteiger partial charge in [0.2, 0.25) is 5.91 Å². The molecule has 2 aromatic carbocycles. The van der Waals surface area contributed by atoms with Crippen LogP contribution in [0.2, 0.25) is 0 Å². The zero-order valence-corrected chi connectivity index (χ0v) is 17.2. The first-order valence-electron chi connectivity index (χ1n) is 10.5. The first kappa shape index (κ1) is 19.3. The van der Waals surface area contributed by atoms with Crippen LogP contribution in [0.3, 0.4) is 0 Å². The molecule has 2 N–H and O–H groups in total. The number of benzene rings is 2. The lowest BCUT2D eigenvalue weighted by Gasteiger charge is -2.26. The van der Waals surface area contributed by atoms with Gasteiger partial charge in [-0.15, -0.1) is 0 Å². The highest BCUT2D eigenvalue weighted by Crippen LogP contribution is 2.36. The molecule has 1 aliphatic rings. The average Bonchev–Trinajstić information content (AvgIpc) is 3.43. The average molecular weight is 417 g/mol. The number of rotatable bonds is 4. The van der Waals surface area contributed by atoms with E-state index in [-0.39, 0.29) is 23.9 Å². The number of nitrogens with one attached hydrogen (secondary N) is 2. The molecule has 4 aromatic rings. The number of hydrogen-bond donors (Lipinski definition) is 2. The van der Waals surface area contributed by atoms with Gasteiger partial charge in [0, 0.05) is 26.4 Å². The first-order valence-corrected chi connectivity index (χ1v) is 10.5. The van der Waals surface area contributed by atoms with Gasteiger partial charge < -0.3 is 9.88 Å². The number of likely N-dealkylation sites (tertiary alicyclic amines) is 1. The molecule has 0 spiro atoms. The third kappa shape index (κ3) is 3.34. The Balaban J connectivity index is 1.37. The highest BCUT2D eigenvalue weighted by Gasteiger charge is 2.30. The molecule has 1 fully saturated rings. The van der Waals surface area contributed by atoms with Crippen LogP contribution in [-0.2, 0) is 18.3 Å². The van der Waals surface area contributed by atoms with Crippen molar-refractivity contribution in [3.63, 3.8) is 0 Å².